The molecule has 19 heavy (non-hydrogen) atoms. The number of phenolic OH excluding ortho intramolecular Hbond substituents is 1. The number of halogens is 1. The van der Waals surface area contributed by atoms with Crippen molar-refractivity contribution in [2.24, 2.45) is 5.10 Å². The molecule has 0 saturated carbocycles. The van der Waals surface area contributed by atoms with Gasteiger partial charge in [-0.2, -0.15) is 10.2 Å². The Bertz CT molecular complexity index is 636. The SMILES string of the molecule is Cc1cc(C(=O)NN=Cc2cc(Br)ccc2O)n[nH]1. The first-order valence-electron chi connectivity index (χ1n) is 5.40. The Labute approximate surface area is 117 Å². The fourth-order valence-electron chi connectivity index (χ4n) is 1.38. The second-order valence-corrected chi connectivity index (χ2v) is 4.75. The average molecular weight is 323 g/mol. The molecule has 2 aromatic rings. The van der Waals surface area contributed by atoms with Crippen LogP contribution in [0.5, 0.6) is 5.75 Å². The number of benzene rings is 1. The highest BCUT2D eigenvalue weighted by Gasteiger charge is 2.07. The van der Waals surface area contributed by atoms with E-state index in [4.69, 9.17) is 0 Å². The van der Waals surface area contributed by atoms with Crippen LogP contribution in [0, 0.1) is 6.92 Å². The maximum Gasteiger partial charge on any atom is 0.291 e. The Morgan fingerprint density at radius 1 is 1.53 bits per heavy atom. The summed E-state index contributed by atoms with van der Waals surface area (Å²) in [5.41, 5.74) is 3.87. The van der Waals surface area contributed by atoms with Gasteiger partial charge in [0.1, 0.15) is 5.75 Å². The minimum absolute atomic E-state index is 0.0804. The van der Waals surface area contributed by atoms with E-state index in [0.29, 0.717) is 5.56 Å². The minimum atomic E-state index is -0.421. The molecule has 0 aliphatic rings. The summed E-state index contributed by atoms with van der Waals surface area (Å²) in [6.07, 6.45) is 1.36. The van der Waals surface area contributed by atoms with E-state index in [1.165, 1.54) is 12.3 Å². The van der Waals surface area contributed by atoms with Gasteiger partial charge in [0.15, 0.2) is 5.69 Å². The van der Waals surface area contributed by atoms with Gasteiger partial charge < -0.3 is 5.11 Å². The van der Waals surface area contributed by atoms with Crippen molar-refractivity contribution in [2.75, 3.05) is 0 Å². The number of rotatable bonds is 3. The van der Waals surface area contributed by atoms with Gasteiger partial charge in [-0.25, -0.2) is 5.43 Å². The molecule has 98 valence electrons. The van der Waals surface area contributed by atoms with Gasteiger partial charge in [0.05, 0.1) is 6.21 Å². The molecule has 6 nitrogen and oxygen atoms in total. The Morgan fingerprint density at radius 3 is 3.00 bits per heavy atom. The Hall–Kier alpha value is -2.15. The lowest BCUT2D eigenvalue weighted by Gasteiger charge is -1.99. The summed E-state index contributed by atoms with van der Waals surface area (Å²) in [6.45, 7) is 1.80. The molecular formula is C12H11BrN4O2. The van der Waals surface area contributed by atoms with Crippen LogP contribution in [-0.2, 0) is 0 Å². The molecule has 0 aliphatic carbocycles. The minimum Gasteiger partial charge on any atom is -0.507 e. The average Bonchev–Trinajstić information content (AvgIpc) is 2.80. The van der Waals surface area contributed by atoms with E-state index in [-0.39, 0.29) is 11.4 Å². The predicted octanol–water partition coefficient (Wildman–Crippen LogP) is 1.95. The van der Waals surface area contributed by atoms with Crippen molar-refractivity contribution >= 4 is 28.1 Å². The maximum absolute atomic E-state index is 11.6. The van der Waals surface area contributed by atoms with Crippen LogP contribution in [0.15, 0.2) is 33.8 Å². The van der Waals surface area contributed by atoms with E-state index >= 15 is 0 Å². The van der Waals surface area contributed by atoms with Crippen LogP contribution >= 0.6 is 15.9 Å². The lowest BCUT2D eigenvalue weighted by Crippen LogP contribution is -2.18. The third-order valence-electron chi connectivity index (χ3n) is 2.30. The molecule has 1 aromatic carbocycles. The van der Waals surface area contributed by atoms with E-state index in [1.54, 1.807) is 25.1 Å². The van der Waals surface area contributed by atoms with Gasteiger partial charge in [0.2, 0.25) is 0 Å². The van der Waals surface area contributed by atoms with Crippen LogP contribution < -0.4 is 5.43 Å². The number of hydrogen-bond acceptors (Lipinski definition) is 4. The molecule has 0 bridgehead atoms. The van der Waals surface area contributed by atoms with Crippen molar-refractivity contribution in [1.29, 1.82) is 0 Å². The molecule has 0 atom stereocenters. The first-order chi connectivity index (χ1) is 9.06. The molecule has 7 heteroatoms. The number of aryl methyl sites for hydroxylation is 1. The lowest BCUT2D eigenvalue weighted by molar-refractivity contribution is 0.0950. The molecule has 0 aliphatic heterocycles. The van der Waals surface area contributed by atoms with Crippen LogP contribution in [0.3, 0.4) is 0 Å². The van der Waals surface area contributed by atoms with Gasteiger partial charge in [-0.15, -0.1) is 0 Å². The van der Waals surface area contributed by atoms with Gasteiger partial charge in [-0.05, 0) is 31.2 Å². The van der Waals surface area contributed by atoms with Crippen LogP contribution in [0.2, 0.25) is 0 Å². The van der Waals surface area contributed by atoms with Crippen molar-refractivity contribution in [2.45, 2.75) is 6.92 Å². The van der Waals surface area contributed by atoms with Crippen molar-refractivity contribution < 1.29 is 9.90 Å². The lowest BCUT2D eigenvalue weighted by atomic mass is 10.2. The summed E-state index contributed by atoms with van der Waals surface area (Å²) < 4.78 is 0.806. The van der Waals surface area contributed by atoms with Crippen molar-refractivity contribution in [3.05, 3.63) is 45.7 Å². The number of hydrogen-bond donors (Lipinski definition) is 3. The number of hydrazone groups is 1. The van der Waals surface area contributed by atoms with E-state index in [0.717, 1.165) is 10.2 Å². The molecule has 1 amide bonds. The summed E-state index contributed by atoms with van der Waals surface area (Å²) >= 11 is 3.28. The van der Waals surface area contributed by atoms with E-state index in [2.05, 4.69) is 36.7 Å². The molecule has 0 saturated heterocycles. The predicted molar refractivity (Wildman–Crippen MR) is 74.2 cm³/mol. The molecule has 3 N–H and O–H groups in total. The second-order valence-electron chi connectivity index (χ2n) is 3.84. The third-order valence-corrected chi connectivity index (χ3v) is 2.79. The topological polar surface area (TPSA) is 90.4 Å². The highest BCUT2D eigenvalue weighted by atomic mass is 79.9. The number of carbonyl (C=O) groups excluding carboxylic acids is 1. The number of phenols is 1. The van der Waals surface area contributed by atoms with Gasteiger partial charge in [-0.1, -0.05) is 15.9 Å². The summed E-state index contributed by atoms with van der Waals surface area (Å²) in [4.78, 5) is 11.6. The van der Waals surface area contributed by atoms with Gasteiger partial charge in [0, 0.05) is 15.7 Å². The summed E-state index contributed by atoms with van der Waals surface area (Å²) in [5.74, 6) is -0.341. The highest BCUT2D eigenvalue weighted by molar-refractivity contribution is 9.10. The molecule has 1 aromatic heterocycles. The summed E-state index contributed by atoms with van der Waals surface area (Å²) in [7, 11) is 0. The van der Waals surface area contributed by atoms with Gasteiger partial charge in [-0.3, -0.25) is 9.89 Å². The van der Waals surface area contributed by atoms with E-state index in [1.807, 2.05) is 0 Å². The zero-order valence-corrected chi connectivity index (χ0v) is 11.6. The first-order valence-corrected chi connectivity index (χ1v) is 6.19. The third kappa shape index (κ3) is 3.41. The van der Waals surface area contributed by atoms with Crippen LogP contribution in [-0.4, -0.2) is 27.4 Å². The highest BCUT2D eigenvalue weighted by Crippen LogP contribution is 2.19. The number of aromatic hydroxyl groups is 1. The number of amides is 1. The Balaban J connectivity index is 2.04. The van der Waals surface area contributed by atoms with Crippen LogP contribution in [0.1, 0.15) is 21.7 Å². The van der Waals surface area contributed by atoms with Crippen LogP contribution in [0.25, 0.3) is 0 Å². The monoisotopic (exact) mass is 322 g/mol. The van der Waals surface area contributed by atoms with Crippen molar-refractivity contribution in [3.8, 4) is 5.75 Å². The zero-order valence-electron chi connectivity index (χ0n) is 10.0. The van der Waals surface area contributed by atoms with E-state index < -0.39 is 5.91 Å². The summed E-state index contributed by atoms with van der Waals surface area (Å²) in [6, 6.07) is 6.53. The second kappa shape index (κ2) is 5.66. The standard InChI is InChI=1S/C12H11BrN4O2/c1-7-4-10(16-15-7)12(19)17-14-6-8-5-9(13)2-3-11(8)18/h2-6,18H,1H3,(H,15,16)(H,17,19). The zero-order chi connectivity index (χ0) is 13.8. The summed E-state index contributed by atoms with van der Waals surface area (Å²) in [5, 5.41) is 19.8. The Kier molecular flexibility index (Phi) is 3.96. The molecule has 0 unspecified atom stereocenters. The molecule has 2 rings (SSSR count). The fraction of sp³-hybridized carbons (Fsp3) is 0.0833. The number of aromatic nitrogens is 2. The van der Waals surface area contributed by atoms with Crippen molar-refractivity contribution in [3.63, 3.8) is 0 Å². The van der Waals surface area contributed by atoms with Crippen molar-refractivity contribution in [1.82, 2.24) is 15.6 Å². The number of aromatic amines is 1. The fourth-order valence-corrected chi connectivity index (χ4v) is 1.76. The van der Waals surface area contributed by atoms with Gasteiger partial charge in [0.25, 0.3) is 5.91 Å². The molecular weight excluding hydrogens is 312 g/mol. The normalized spacial score (nSPS) is 10.8. The smallest absolute Gasteiger partial charge is 0.291 e. The number of nitrogens with zero attached hydrogens (tertiary/aromatic N) is 2. The van der Waals surface area contributed by atoms with Gasteiger partial charge >= 0.3 is 0 Å². The quantitative estimate of drug-likeness (QED) is 0.596. The largest absolute Gasteiger partial charge is 0.507 e. The first kappa shape index (κ1) is 13.3. The molecule has 0 radical (unpaired) electrons. The molecule has 1 heterocycles. The molecule has 0 fully saturated rings. The maximum atomic E-state index is 11.6. The van der Waals surface area contributed by atoms with E-state index in [9.17, 15) is 9.90 Å². The molecule has 0 spiro atoms. The Morgan fingerprint density at radius 2 is 2.32 bits per heavy atom. The van der Waals surface area contributed by atoms with Crippen LogP contribution in [0.4, 0.5) is 0 Å². The number of nitrogens with one attached hydrogen (secondary N) is 2. The number of H-pyrrole nitrogens is 1. The number of carbonyl (C=O) groups is 1.